The normalized spacial score (nSPS) is 14.8. The average Bonchev–Trinajstić information content (AvgIpc) is 2.71. The Morgan fingerprint density at radius 1 is 1.47 bits per heavy atom. The van der Waals surface area contributed by atoms with Crippen LogP contribution in [0.3, 0.4) is 0 Å². The largest absolute Gasteiger partial charge is 0.382 e. The summed E-state index contributed by atoms with van der Waals surface area (Å²) in [5, 5.41) is 6.89. The number of ether oxygens (including phenoxy) is 1. The quantitative estimate of drug-likeness (QED) is 0.776. The first kappa shape index (κ1) is 14.6. The van der Waals surface area contributed by atoms with Gasteiger partial charge in [0.15, 0.2) is 0 Å². The van der Waals surface area contributed by atoms with Crippen molar-refractivity contribution in [3.05, 3.63) is 16.1 Å². The summed E-state index contributed by atoms with van der Waals surface area (Å²) < 4.78 is 5.29. The molecule has 1 heterocycles. The highest BCUT2D eigenvalue weighted by molar-refractivity contribution is 7.09. The van der Waals surface area contributed by atoms with Crippen LogP contribution in [0, 0.1) is 6.92 Å². The minimum absolute atomic E-state index is 0.342. The van der Waals surface area contributed by atoms with Crippen LogP contribution in [0.1, 0.15) is 37.4 Å². The maximum atomic E-state index is 5.29. The number of methoxy groups -OCH3 is 1. The van der Waals surface area contributed by atoms with Crippen LogP contribution in [-0.2, 0) is 11.2 Å². The number of likely N-dealkylation sites (N-methyl/N-ethyl adjacent to an activating group) is 1. The zero-order chi connectivity index (χ0) is 12.7. The smallest absolute Gasteiger partial charge is 0.0943 e. The van der Waals surface area contributed by atoms with Crippen LogP contribution in [-0.4, -0.2) is 30.8 Å². The molecule has 1 aromatic heterocycles. The zero-order valence-corrected chi connectivity index (χ0v) is 12.1. The number of hydrogen-bond donors (Lipinski definition) is 1. The number of rotatable bonds is 8. The number of aromatic nitrogens is 1. The van der Waals surface area contributed by atoms with Gasteiger partial charge in [-0.25, -0.2) is 4.98 Å². The number of hydrogen-bond acceptors (Lipinski definition) is 4. The van der Waals surface area contributed by atoms with Gasteiger partial charge in [0.05, 0.1) is 11.1 Å². The van der Waals surface area contributed by atoms with Crippen LogP contribution >= 0.6 is 11.3 Å². The Hall–Kier alpha value is -0.450. The molecular formula is C13H24N2OS. The maximum absolute atomic E-state index is 5.29. The molecule has 0 fully saturated rings. The minimum Gasteiger partial charge on any atom is -0.382 e. The predicted molar refractivity (Wildman–Crippen MR) is 73.7 cm³/mol. The lowest BCUT2D eigenvalue weighted by Crippen LogP contribution is -2.31. The van der Waals surface area contributed by atoms with Gasteiger partial charge in [0.2, 0.25) is 0 Å². The summed E-state index contributed by atoms with van der Waals surface area (Å²) in [5.74, 6) is 0. The summed E-state index contributed by atoms with van der Waals surface area (Å²) in [6.45, 7) is 7.34. The highest BCUT2D eigenvalue weighted by Gasteiger charge is 2.12. The van der Waals surface area contributed by atoms with E-state index in [0.29, 0.717) is 12.1 Å². The molecule has 0 saturated heterocycles. The third kappa shape index (κ3) is 5.61. The van der Waals surface area contributed by atoms with E-state index in [1.807, 2.05) is 0 Å². The van der Waals surface area contributed by atoms with Crippen molar-refractivity contribution in [3.8, 4) is 0 Å². The molecule has 3 nitrogen and oxygen atoms in total. The van der Waals surface area contributed by atoms with Crippen LogP contribution < -0.4 is 5.32 Å². The van der Waals surface area contributed by atoms with E-state index in [2.05, 4.69) is 36.5 Å². The molecule has 0 amide bonds. The SMILES string of the molecule is CCNC(CCC(C)OC)Cc1nc(C)cs1. The second kappa shape index (κ2) is 7.80. The lowest BCUT2D eigenvalue weighted by atomic mass is 10.1. The van der Waals surface area contributed by atoms with Crippen molar-refractivity contribution in [3.63, 3.8) is 0 Å². The van der Waals surface area contributed by atoms with Crippen LogP contribution in [0.25, 0.3) is 0 Å². The van der Waals surface area contributed by atoms with Gasteiger partial charge in [-0.05, 0) is 33.2 Å². The van der Waals surface area contributed by atoms with E-state index >= 15 is 0 Å². The second-order valence-electron chi connectivity index (χ2n) is 4.47. The molecule has 2 unspecified atom stereocenters. The lowest BCUT2D eigenvalue weighted by Gasteiger charge is -2.18. The molecule has 1 rings (SSSR count). The first-order valence-corrected chi connectivity index (χ1v) is 7.20. The molecule has 0 aliphatic heterocycles. The van der Waals surface area contributed by atoms with E-state index in [1.54, 1.807) is 18.4 Å². The molecule has 0 saturated carbocycles. The summed E-state index contributed by atoms with van der Waals surface area (Å²) in [7, 11) is 1.77. The number of aryl methyl sites for hydroxylation is 1. The Morgan fingerprint density at radius 3 is 2.76 bits per heavy atom. The molecule has 1 aromatic rings. The van der Waals surface area contributed by atoms with E-state index in [1.165, 1.54) is 5.01 Å². The van der Waals surface area contributed by atoms with Crippen molar-refractivity contribution >= 4 is 11.3 Å². The molecule has 0 aliphatic rings. The van der Waals surface area contributed by atoms with E-state index in [9.17, 15) is 0 Å². The Balaban J connectivity index is 2.42. The summed E-state index contributed by atoms with van der Waals surface area (Å²) in [6, 6.07) is 0.517. The van der Waals surface area contributed by atoms with Crippen molar-refractivity contribution in [1.29, 1.82) is 0 Å². The molecule has 0 spiro atoms. The van der Waals surface area contributed by atoms with Crippen molar-refractivity contribution in [2.75, 3.05) is 13.7 Å². The third-order valence-electron chi connectivity index (χ3n) is 2.90. The summed E-state index contributed by atoms with van der Waals surface area (Å²) in [4.78, 5) is 4.53. The summed E-state index contributed by atoms with van der Waals surface area (Å²) in [5.41, 5.74) is 1.13. The topological polar surface area (TPSA) is 34.1 Å². The standard InChI is InChI=1S/C13H24N2OS/c1-5-14-12(7-6-11(3)16-4)8-13-15-10(2)9-17-13/h9,11-12,14H,5-8H2,1-4H3. The second-order valence-corrected chi connectivity index (χ2v) is 5.41. The first-order chi connectivity index (χ1) is 8.15. The molecule has 2 atom stereocenters. The molecule has 0 aliphatic carbocycles. The Morgan fingerprint density at radius 2 is 2.24 bits per heavy atom. The van der Waals surface area contributed by atoms with Gasteiger partial charge >= 0.3 is 0 Å². The highest BCUT2D eigenvalue weighted by Crippen LogP contribution is 2.14. The average molecular weight is 256 g/mol. The van der Waals surface area contributed by atoms with Gasteiger partial charge in [-0.2, -0.15) is 0 Å². The molecule has 4 heteroatoms. The van der Waals surface area contributed by atoms with Crippen LogP contribution in [0.15, 0.2) is 5.38 Å². The fraction of sp³-hybridized carbons (Fsp3) is 0.769. The van der Waals surface area contributed by atoms with E-state index < -0.39 is 0 Å². The Labute approximate surface area is 109 Å². The Bertz CT molecular complexity index is 314. The van der Waals surface area contributed by atoms with Crippen molar-refractivity contribution < 1.29 is 4.74 Å². The van der Waals surface area contributed by atoms with Crippen LogP contribution in [0.2, 0.25) is 0 Å². The van der Waals surface area contributed by atoms with Gasteiger partial charge in [-0.15, -0.1) is 11.3 Å². The van der Waals surface area contributed by atoms with Gasteiger partial charge in [0.1, 0.15) is 0 Å². The molecule has 0 bridgehead atoms. The van der Waals surface area contributed by atoms with Gasteiger partial charge in [0.25, 0.3) is 0 Å². The molecule has 98 valence electrons. The summed E-state index contributed by atoms with van der Waals surface area (Å²) >= 11 is 1.76. The summed E-state index contributed by atoms with van der Waals surface area (Å²) in [6.07, 6.45) is 3.61. The fourth-order valence-corrected chi connectivity index (χ4v) is 2.68. The van der Waals surface area contributed by atoms with E-state index in [-0.39, 0.29) is 0 Å². The van der Waals surface area contributed by atoms with Gasteiger partial charge in [-0.3, -0.25) is 0 Å². The fourth-order valence-electron chi connectivity index (χ4n) is 1.83. The van der Waals surface area contributed by atoms with E-state index in [4.69, 9.17) is 4.74 Å². The van der Waals surface area contributed by atoms with Crippen molar-refractivity contribution in [1.82, 2.24) is 10.3 Å². The van der Waals surface area contributed by atoms with Gasteiger partial charge in [0, 0.05) is 30.6 Å². The monoisotopic (exact) mass is 256 g/mol. The van der Waals surface area contributed by atoms with E-state index in [0.717, 1.165) is 31.5 Å². The zero-order valence-electron chi connectivity index (χ0n) is 11.3. The number of nitrogens with one attached hydrogen (secondary N) is 1. The predicted octanol–water partition coefficient (Wildman–Crippen LogP) is 2.79. The van der Waals surface area contributed by atoms with Gasteiger partial charge in [-0.1, -0.05) is 6.92 Å². The highest BCUT2D eigenvalue weighted by atomic mass is 32.1. The maximum Gasteiger partial charge on any atom is 0.0943 e. The lowest BCUT2D eigenvalue weighted by molar-refractivity contribution is 0.106. The third-order valence-corrected chi connectivity index (χ3v) is 3.89. The van der Waals surface area contributed by atoms with Crippen LogP contribution in [0.5, 0.6) is 0 Å². The first-order valence-electron chi connectivity index (χ1n) is 6.32. The molecule has 17 heavy (non-hydrogen) atoms. The molecular weight excluding hydrogens is 232 g/mol. The van der Waals surface area contributed by atoms with Crippen LogP contribution in [0.4, 0.5) is 0 Å². The number of thiazole rings is 1. The van der Waals surface area contributed by atoms with Gasteiger partial charge < -0.3 is 10.1 Å². The van der Waals surface area contributed by atoms with Crippen molar-refractivity contribution in [2.45, 2.75) is 52.2 Å². The Kier molecular flexibility index (Phi) is 6.70. The molecule has 0 aromatic carbocycles. The minimum atomic E-state index is 0.342. The van der Waals surface area contributed by atoms with Crippen molar-refractivity contribution in [2.24, 2.45) is 0 Å². The number of nitrogens with zero attached hydrogens (tertiary/aromatic N) is 1. The molecule has 1 N–H and O–H groups in total. The molecule has 0 radical (unpaired) electrons.